The second-order valence-corrected chi connectivity index (χ2v) is 6.11. The Morgan fingerprint density at radius 3 is 2.71 bits per heavy atom. The number of nitrogens with zero attached hydrogens (tertiary/aromatic N) is 3. The highest BCUT2D eigenvalue weighted by molar-refractivity contribution is 6.30. The molecule has 0 spiro atoms. The van der Waals surface area contributed by atoms with Crippen molar-refractivity contribution in [1.82, 2.24) is 14.1 Å². The zero-order valence-electron chi connectivity index (χ0n) is 13.5. The second kappa shape index (κ2) is 7.01. The molecule has 6 heteroatoms. The van der Waals surface area contributed by atoms with E-state index in [1.807, 2.05) is 42.0 Å². The molecule has 0 atom stereocenters. The van der Waals surface area contributed by atoms with Crippen LogP contribution >= 0.6 is 11.6 Å². The normalized spacial score (nSPS) is 11.1. The summed E-state index contributed by atoms with van der Waals surface area (Å²) in [6.45, 7) is 3.33. The van der Waals surface area contributed by atoms with E-state index in [2.05, 4.69) is 4.98 Å². The van der Waals surface area contributed by atoms with Gasteiger partial charge < -0.3 is 19.3 Å². The first-order valence-electron chi connectivity index (χ1n) is 7.96. The van der Waals surface area contributed by atoms with Gasteiger partial charge in [0.05, 0.1) is 12.0 Å². The molecule has 1 aromatic carbocycles. The third-order valence-corrected chi connectivity index (χ3v) is 4.35. The first-order valence-corrected chi connectivity index (χ1v) is 8.34. The molecule has 0 aliphatic heterocycles. The average molecular weight is 346 g/mol. The van der Waals surface area contributed by atoms with Gasteiger partial charge in [-0.3, -0.25) is 0 Å². The van der Waals surface area contributed by atoms with Crippen LogP contribution in [0.1, 0.15) is 18.9 Å². The van der Waals surface area contributed by atoms with Gasteiger partial charge in [0, 0.05) is 41.6 Å². The molecule has 24 heavy (non-hydrogen) atoms. The monoisotopic (exact) mass is 345 g/mol. The van der Waals surface area contributed by atoms with Gasteiger partial charge in [0.25, 0.3) is 0 Å². The topological polar surface area (TPSA) is 63.2 Å². The number of aryl methyl sites for hydroxylation is 1. The molecule has 2 N–H and O–H groups in total. The maximum atomic E-state index is 10.4. The lowest BCUT2D eigenvalue weighted by molar-refractivity contribution is 0.367. The minimum atomic E-state index is -0.0903. The van der Waals surface area contributed by atoms with E-state index in [9.17, 15) is 10.2 Å². The Bertz CT molecular complexity index is 825. The van der Waals surface area contributed by atoms with Gasteiger partial charge in [-0.2, -0.15) is 0 Å². The number of hydrogen-bond acceptors (Lipinski definition) is 3. The molecule has 3 rings (SSSR count). The molecular weight excluding hydrogens is 326 g/mol. The van der Waals surface area contributed by atoms with E-state index < -0.39 is 0 Å². The lowest BCUT2D eigenvalue weighted by Crippen LogP contribution is -2.04. The highest BCUT2D eigenvalue weighted by Gasteiger charge is 2.22. The molecule has 0 radical (unpaired) electrons. The highest BCUT2D eigenvalue weighted by Crippen LogP contribution is 2.41. The largest absolute Gasteiger partial charge is 0.503 e. The van der Waals surface area contributed by atoms with Crippen LogP contribution in [0.3, 0.4) is 0 Å². The van der Waals surface area contributed by atoms with Crippen molar-refractivity contribution < 1.29 is 10.2 Å². The molecule has 0 bridgehead atoms. The molecule has 0 unspecified atom stereocenters. The zero-order chi connectivity index (χ0) is 17.1. The number of aromatic nitrogens is 3. The Morgan fingerprint density at radius 1 is 1.21 bits per heavy atom. The van der Waals surface area contributed by atoms with Crippen molar-refractivity contribution in [2.45, 2.75) is 32.9 Å². The molecule has 2 aromatic heterocycles. The molecular formula is C18H20ClN3O2. The van der Waals surface area contributed by atoms with Crippen molar-refractivity contribution >= 4 is 11.6 Å². The van der Waals surface area contributed by atoms with Gasteiger partial charge in [-0.15, -0.1) is 0 Å². The van der Waals surface area contributed by atoms with Crippen LogP contribution in [0.2, 0.25) is 5.02 Å². The molecule has 2 heterocycles. The number of imidazole rings is 1. The smallest absolute Gasteiger partial charge is 0.235 e. The van der Waals surface area contributed by atoms with Gasteiger partial charge in [0.15, 0.2) is 5.75 Å². The van der Waals surface area contributed by atoms with Crippen LogP contribution in [-0.4, -0.2) is 24.3 Å². The van der Waals surface area contributed by atoms with E-state index in [4.69, 9.17) is 11.6 Å². The van der Waals surface area contributed by atoms with E-state index >= 15 is 0 Å². The fraction of sp³-hybridized carbons (Fsp3) is 0.278. The predicted molar refractivity (Wildman–Crippen MR) is 94.4 cm³/mol. The van der Waals surface area contributed by atoms with Gasteiger partial charge in [-0.1, -0.05) is 30.7 Å². The van der Waals surface area contributed by atoms with Crippen LogP contribution in [0.15, 0.2) is 43.0 Å². The van der Waals surface area contributed by atoms with Crippen molar-refractivity contribution in [2.75, 3.05) is 0 Å². The maximum Gasteiger partial charge on any atom is 0.235 e. The van der Waals surface area contributed by atoms with Crippen molar-refractivity contribution in [2.24, 2.45) is 0 Å². The summed E-state index contributed by atoms with van der Waals surface area (Å²) < 4.78 is 3.75. The summed E-state index contributed by atoms with van der Waals surface area (Å²) in [6.07, 6.45) is 6.83. The number of halogens is 1. The fourth-order valence-electron chi connectivity index (χ4n) is 2.99. The van der Waals surface area contributed by atoms with E-state index in [-0.39, 0.29) is 11.6 Å². The lowest BCUT2D eigenvalue weighted by Gasteiger charge is -2.12. The summed E-state index contributed by atoms with van der Waals surface area (Å²) in [5.41, 5.74) is 2.44. The van der Waals surface area contributed by atoms with Gasteiger partial charge in [0.1, 0.15) is 0 Å². The number of benzene rings is 1. The molecule has 0 amide bonds. The summed E-state index contributed by atoms with van der Waals surface area (Å²) >= 11 is 6.12. The molecule has 3 aromatic rings. The molecule has 0 saturated heterocycles. The van der Waals surface area contributed by atoms with Crippen LogP contribution in [0.5, 0.6) is 11.6 Å². The first kappa shape index (κ1) is 16.5. The molecule has 0 fully saturated rings. The molecule has 0 aliphatic carbocycles. The maximum absolute atomic E-state index is 10.4. The lowest BCUT2D eigenvalue weighted by atomic mass is 10.1. The Labute approximate surface area is 145 Å². The second-order valence-electron chi connectivity index (χ2n) is 5.67. The minimum Gasteiger partial charge on any atom is -0.503 e. The summed E-state index contributed by atoms with van der Waals surface area (Å²) in [4.78, 5) is 4.02. The number of aromatic hydroxyl groups is 2. The van der Waals surface area contributed by atoms with Gasteiger partial charge in [0.2, 0.25) is 5.88 Å². The fourth-order valence-corrected chi connectivity index (χ4v) is 3.18. The van der Waals surface area contributed by atoms with Crippen molar-refractivity contribution in [3.63, 3.8) is 0 Å². The van der Waals surface area contributed by atoms with Gasteiger partial charge in [-0.25, -0.2) is 4.98 Å². The summed E-state index contributed by atoms with van der Waals surface area (Å²) in [5, 5.41) is 21.3. The van der Waals surface area contributed by atoms with Gasteiger partial charge in [-0.05, 0) is 25.0 Å². The summed E-state index contributed by atoms with van der Waals surface area (Å²) in [6, 6.07) is 7.46. The third kappa shape index (κ3) is 3.12. The van der Waals surface area contributed by atoms with E-state index in [1.165, 1.54) is 0 Å². The predicted octanol–water partition coefficient (Wildman–Crippen LogP) is 4.07. The Morgan fingerprint density at radius 2 is 2.04 bits per heavy atom. The van der Waals surface area contributed by atoms with Crippen LogP contribution in [0.25, 0.3) is 11.3 Å². The van der Waals surface area contributed by atoms with Crippen molar-refractivity contribution in [3.05, 3.63) is 53.6 Å². The van der Waals surface area contributed by atoms with E-state index in [0.29, 0.717) is 18.0 Å². The van der Waals surface area contributed by atoms with Crippen LogP contribution in [0.4, 0.5) is 0 Å². The molecule has 5 nitrogen and oxygen atoms in total. The van der Waals surface area contributed by atoms with Crippen LogP contribution < -0.4 is 0 Å². The van der Waals surface area contributed by atoms with Crippen LogP contribution in [0, 0.1) is 0 Å². The van der Waals surface area contributed by atoms with Crippen LogP contribution in [-0.2, 0) is 19.5 Å². The zero-order valence-corrected chi connectivity index (χ0v) is 14.2. The standard InChI is InChI=1S/C18H20ClN3O2/c1-2-15-16(13-5-3-6-14(19)11-13)22(18(24)17(15)23)9-4-8-21-10-7-20-12-21/h3,5-7,10-12,23-24H,2,4,8-9H2,1H3. The minimum absolute atomic E-state index is 0.0462. The average Bonchev–Trinajstić information content (AvgIpc) is 3.16. The molecule has 126 valence electrons. The van der Waals surface area contributed by atoms with Crippen molar-refractivity contribution in [1.29, 1.82) is 0 Å². The van der Waals surface area contributed by atoms with Gasteiger partial charge >= 0.3 is 0 Å². The molecule has 0 saturated carbocycles. The summed E-state index contributed by atoms with van der Waals surface area (Å²) in [5.74, 6) is -0.137. The van der Waals surface area contributed by atoms with E-state index in [0.717, 1.165) is 29.8 Å². The Hall–Kier alpha value is -2.40. The quantitative estimate of drug-likeness (QED) is 0.708. The summed E-state index contributed by atoms with van der Waals surface area (Å²) in [7, 11) is 0. The molecule has 0 aliphatic rings. The Kier molecular flexibility index (Phi) is 4.81. The first-order chi connectivity index (χ1) is 11.6. The Balaban J connectivity index is 1.95. The highest BCUT2D eigenvalue weighted by atomic mass is 35.5. The van der Waals surface area contributed by atoms with Crippen molar-refractivity contribution in [3.8, 4) is 22.9 Å². The van der Waals surface area contributed by atoms with E-state index in [1.54, 1.807) is 17.1 Å². The SMILES string of the molecule is CCc1c(O)c(O)n(CCCn2ccnc2)c1-c1cccc(Cl)c1. The number of rotatable bonds is 6. The number of hydrogen-bond donors (Lipinski definition) is 2. The third-order valence-electron chi connectivity index (χ3n) is 4.12.